The number of nitrogens with zero attached hydrogens (tertiary/aromatic N) is 1. The molecule has 2 amide bonds. The molecule has 84 valence electrons. The summed E-state index contributed by atoms with van der Waals surface area (Å²) in [5.41, 5.74) is 5.82. The lowest BCUT2D eigenvalue weighted by Gasteiger charge is -2.15. The number of hydrogen-bond donors (Lipinski definition) is 2. The Morgan fingerprint density at radius 2 is 2.38 bits per heavy atom. The van der Waals surface area contributed by atoms with Gasteiger partial charge in [-0.3, -0.25) is 9.59 Å². The van der Waals surface area contributed by atoms with Crippen molar-refractivity contribution in [2.24, 2.45) is 11.7 Å². The summed E-state index contributed by atoms with van der Waals surface area (Å²) in [5.74, 6) is -0.974. The van der Waals surface area contributed by atoms with E-state index >= 15 is 0 Å². The van der Waals surface area contributed by atoms with Gasteiger partial charge in [0.15, 0.2) is 0 Å². The Labute approximate surface area is 97.3 Å². The molecule has 1 atom stereocenters. The van der Waals surface area contributed by atoms with Crippen LogP contribution in [-0.2, 0) is 9.59 Å². The van der Waals surface area contributed by atoms with E-state index < -0.39 is 11.8 Å². The average Bonchev–Trinajstić information content (AvgIpc) is 2.61. The summed E-state index contributed by atoms with van der Waals surface area (Å²) in [5, 5.41) is 0. The van der Waals surface area contributed by atoms with Gasteiger partial charge in [-0.2, -0.15) is 0 Å². The summed E-state index contributed by atoms with van der Waals surface area (Å²) in [4.78, 5) is 27.1. The van der Waals surface area contributed by atoms with Gasteiger partial charge in [-0.1, -0.05) is 12.2 Å². The summed E-state index contributed by atoms with van der Waals surface area (Å²) in [6, 6.07) is 3.51. The molecule has 1 aliphatic heterocycles. The number of nitrogens with two attached hydrogens (primary N) is 1. The van der Waals surface area contributed by atoms with E-state index in [1.54, 1.807) is 18.3 Å². The minimum absolute atomic E-state index is 0.116. The zero-order chi connectivity index (χ0) is 11.7. The number of primary amides is 1. The molecule has 1 saturated heterocycles. The second-order valence-corrected chi connectivity index (χ2v) is 4.10. The first kappa shape index (κ1) is 10.8. The summed E-state index contributed by atoms with van der Waals surface area (Å²) < 4.78 is 0.487. The van der Waals surface area contributed by atoms with Crippen molar-refractivity contribution in [1.29, 1.82) is 0 Å². The van der Waals surface area contributed by atoms with Crippen molar-refractivity contribution in [2.45, 2.75) is 6.42 Å². The molecule has 5 nitrogen and oxygen atoms in total. The van der Waals surface area contributed by atoms with E-state index in [0.29, 0.717) is 16.9 Å². The van der Waals surface area contributed by atoms with E-state index in [-0.39, 0.29) is 12.3 Å². The minimum Gasteiger partial charge on any atom is -0.369 e. The van der Waals surface area contributed by atoms with Crippen molar-refractivity contribution in [3.8, 4) is 0 Å². The number of aromatic amines is 1. The van der Waals surface area contributed by atoms with Crippen molar-refractivity contribution in [2.75, 3.05) is 11.4 Å². The zero-order valence-electron chi connectivity index (χ0n) is 8.47. The predicted octanol–water partition coefficient (Wildman–Crippen LogP) is 0.582. The summed E-state index contributed by atoms with van der Waals surface area (Å²) in [6.45, 7) is 0.315. The zero-order valence-corrected chi connectivity index (χ0v) is 9.29. The van der Waals surface area contributed by atoms with Crippen molar-refractivity contribution in [1.82, 2.24) is 4.98 Å². The smallest absolute Gasteiger partial charge is 0.227 e. The lowest BCUT2D eigenvalue weighted by molar-refractivity contribution is -0.123. The van der Waals surface area contributed by atoms with Crippen LogP contribution in [-0.4, -0.2) is 23.3 Å². The molecule has 0 saturated carbocycles. The van der Waals surface area contributed by atoms with Crippen LogP contribution in [0.1, 0.15) is 6.42 Å². The Balaban J connectivity index is 2.30. The highest BCUT2D eigenvalue weighted by Gasteiger charge is 2.34. The normalized spacial score (nSPS) is 20.1. The molecular formula is C10H11N3O2S. The van der Waals surface area contributed by atoms with Gasteiger partial charge in [0.05, 0.1) is 11.6 Å². The maximum Gasteiger partial charge on any atom is 0.227 e. The highest BCUT2D eigenvalue weighted by atomic mass is 32.1. The molecule has 1 aliphatic rings. The van der Waals surface area contributed by atoms with E-state index in [9.17, 15) is 9.59 Å². The van der Waals surface area contributed by atoms with Crippen LogP contribution < -0.4 is 10.6 Å². The van der Waals surface area contributed by atoms with E-state index in [4.69, 9.17) is 18.0 Å². The molecule has 1 fully saturated rings. The fraction of sp³-hybridized carbons (Fsp3) is 0.300. The van der Waals surface area contributed by atoms with Crippen molar-refractivity contribution >= 4 is 29.7 Å². The van der Waals surface area contributed by atoms with Crippen LogP contribution in [0.3, 0.4) is 0 Å². The van der Waals surface area contributed by atoms with Crippen LogP contribution >= 0.6 is 12.2 Å². The van der Waals surface area contributed by atoms with Crippen LogP contribution in [0.4, 0.5) is 5.69 Å². The van der Waals surface area contributed by atoms with Crippen molar-refractivity contribution in [3.05, 3.63) is 23.0 Å². The van der Waals surface area contributed by atoms with E-state index in [1.165, 1.54) is 4.90 Å². The number of aromatic nitrogens is 1. The number of nitrogens with one attached hydrogen (secondary N) is 1. The van der Waals surface area contributed by atoms with Crippen LogP contribution in [0.25, 0.3) is 0 Å². The molecule has 0 aromatic carbocycles. The summed E-state index contributed by atoms with van der Waals surface area (Å²) in [6.07, 6.45) is 1.86. The largest absolute Gasteiger partial charge is 0.369 e. The lowest BCUT2D eigenvalue weighted by Crippen LogP contribution is -2.28. The quantitative estimate of drug-likeness (QED) is 0.738. The molecule has 0 spiro atoms. The molecule has 16 heavy (non-hydrogen) atoms. The summed E-state index contributed by atoms with van der Waals surface area (Å²) in [7, 11) is 0. The SMILES string of the molecule is NC(=O)C1CC(=O)N(c2ccc[nH]c2=S)C1. The predicted molar refractivity (Wildman–Crippen MR) is 61.3 cm³/mol. The van der Waals surface area contributed by atoms with Gasteiger partial charge in [0, 0.05) is 19.2 Å². The minimum atomic E-state index is -0.443. The number of hydrogen-bond acceptors (Lipinski definition) is 3. The molecule has 1 aromatic rings. The van der Waals surface area contributed by atoms with E-state index in [1.807, 2.05) is 0 Å². The van der Waals surface area contributed by atoms with Gasteiger partial charge in [-0.25, -0.2) is 0 Å². The Morgan fingerprint density at radius 3 is 2.94 bits per heavy atom. The van der Waals surface area contributed by atoms with E-state index in [2.05, 4.69) is 4.98 Å². The van der Waals surface area contributed by atoms with Crippen molar-refractivity contribution < 1.29 is 9.59 Å². The second kappa shape index (κ2) is 4.05. The van der Waals surface area contributed by atoms with Crippen LogP contribution in [0.15, 0.2) is 18.3 Å². The van der Waals surface area contributed by atoms with Gasteiger partial charge in [0.25, 0.3) is 0 Å². The van der Waals surface area contributed by atoms with Crippen LogP contribution in [0.2, 0.25) is 0 Å². The van der Waals surface area contributed by atoms with Gasteiger partial charge < -0.3 is 15.6 Å². The Kier molecular flexibility index (Phi) is 2.74. The molecule has 0 bridgehead atoms. The van der Waals surface area contributed by atoms with Gasteiger partial charge in [-0.15, -0.1) is 0 Å². The van der Waals surface area contributed by atoms with Gasteiger partial charge >= 0.3 is 0 Å². The topological polar surface area (TPSA) is 79.2 Å². The molecule has 2 heterocycles. The molecule has 1 aromatic heterocycles. The third-order valence-electron chi connectivity index (χ3n) is 2.62. The maximum atomic E-state index is 11.7. The first-order valence-corrected chi connectivity index (χ1v) is 5.28. The first-order valence-electron chi connectivity index (χ1n) is 4.87. The molecule has 0 aliphatic carbocycles. The number of amides is 2. The maximum absolute atomic E-state index is 11.7. The van der Waals surface area contributed by atoms with Crippen LogP contribution in [0.5, 0.6) is 0 Å². The average molecular weight is 237 g/mol. The van der Waals surface area contributed by atoms with Crippen LogP contribution in [0, 0.1) is 10.6 Å². The number of carbonyl (C=O) groups is 2. The fourth-order valence-corrected chi connectivity index (χ4v) is 2.00. The molecule has 3 N–H and O–H groups in total. The van der Waals surface area contributed by atoms with E-state index in [0.717, 1.165) is 0 Å². The first-order chi connectivity index (χ1) is 7.59. The number of H-pyrrole nitrogens is 1. The fourth-order valence-electron chi connectivity index (χ4n) is 1.76. The van der Waals surface area contributed by atoms with Crippen molar-refractivity contribution in [3.63, 3.8) is 0 Å². The van der Waals surface area contributed by atoms with Gasteiger partial charge in [0.2, 0.25) is 11.8 Å². The monoisotopic (exact) mass is 237 g/mol. The molecule has 2 rings (SSSR count). The summed E-state index contributed by atoms with van der Waals surface area (Å²) >= 11 is 5.08. The Bertz CT molecular complexity index is 497. The highest BCUT2D eigenvalue weighted by molar-refractivity contribution is 7.71. The number of pyridine rings is 1. The highest BCUT2D eigenvalue weighted by Crippen LogP contribution is 2.24. The number of carbonyl (C=O) groups excluding carboxylic acids is 2. The molecule has 6 heteroatoms. The van der Waals surface area contributed by atoms with Gasteiger partial charge in [-0.05, 0) is 12.1 Å². The number of anilines is 1. The molecular weight excluding hydrogens is 226 g/mol. The molecule has 0 radical (unpaired) electrons. The molecule has 1 unspecified atom stereocenters. The Morgan fingerprint density at radius 1 is 1.62 bits per heavy atom. The Hall–Kier alpha value is -1.69. The van der Waals surface area contributed by atoms with Gasteiger partial charge in [0.1, 0.15) is 4.64 Å². The standard InChI is InChI=1S/C10H11N3O2S/c11-9(15)6-4-8(14)13(5-6)7-2-1-3-12-10(7)16/h1-3,6H,4-5H2,(H2,11,15)(H,12,16). The third-order valence-corrected chi connectivity index (χ3v) is 2.94. The second-order valence-electron chi connectivity index (χ2n) is 3.69. The third kappa shape index (κ3) is 1.83. The number of rotatable bonds is 2. The lowest BCUT2D eigenvalue weighted by atomic mass is 10.1.